The number of rotatable bonds is 6. The maximum atomic E-state index is 12.0. The van der Waals surface area contributed by atoms with E-state index in [9.17, 15) is 9.59 Å². The highest BCUT2D eigenvalue weighted by molar-refractivity contribution is 7.09. The monoisotopic (exact) mass is 331 g/mol. The van der Waals surface area contributed by atoms with Crippen molar-refractivity contribution in [1.82, 2.24) is 4.98 Å². The number of hydrogen-bond donors (Lipinski definition) is 2. The fraction of sp³-hybridized carbons (Fsp3) is 0.353. The predicted molar refractivity (Wildman–Crippen MR) is 93.7 cm³/mol. The predicted octanol–water partition coefficient (Wildman–Crippen LogP) is 3.62. The maximum Gasteiger partial charge on any atom is 0.230 e. The van der Waals surface area contributed by atoms with E-state index in [1.165, 1.54) is 11.3 Å². The number of nitrogens with zero attached hydrogens (tertiary/aromatic N) is 1. The van der Waals surface area contributed by atoms with Crippen molar-refractivity contribution >= 4 is 34.5 Å². The number of carbonyl (C=O) groups is 2. The molecule has 0 aliphatic rings. The van der Waals surface area contributed by atoms with Crippen LogP contribution >= 0.6 is 11.3 Å². The van der Waals surface area contributed by atoms with Gasteiger partial charge in [0.15, 0.2) is 0 Å². The summed E-state index contributed by atoms with van der Waals surface area (Å²) in [4.78, 5) is 27.9. The Morgan fingerprint density at radius 3 is 2.13 bits per heavy atom. The van der Waals surface area contributed by atoms with Gasteiger partial charge in [-0.2, -0.15) is 0 Å². The van der Waals surface area contributed by atoms with Crippen molar-refractivity contribution in [3.05, 3.63) is 40.3 Å². The first kappa shape index (κ1) is 17.1. The van der Waals surface area contributed by atoms with Gasteiger partial charge in [0.1, 0.15) is 0 Å². The van der Waals surface area contributed by atoms with Gasteiger partial charge in [0.25, 0.3) is 0 Å². The Morgan fingerprint density at radius 1 is 1.09 bits per heavy atom. The highest BCUT2D eigenvalue weighted by Crippen LogP contribution is 2.15. The van der Waals surface area contributed by atoms with Crippen LogP contribution in [0.25, 0.3) is 0 Å². The molecule has 0 spiro atoms. The SMILES string of the molecule is Cc1nc(CC(=O)Nc2ccc(NC(=O)CC(C)C)cc2)cs1. The number of hydrogen-bond acceptors (Lipinski definition) is 4. The highest BCUT2D eigenvalue weighted by Gasteiger charge is 2.08. The molecule has 2 rings (SSSR count). The lowest BCUT2D eigenvalue weighted by atomic mass is 10.1. The standard InChI is InChI=1S/C17H21N3O2S/c1-11(2)8-16(21)19-13-4-6-14(7-5-13)20-17(22)9-15-10-23-12(3)18-15/h4-7,10-11H,8-9H2,1-3H3,(H,19,21)(H,20,22). The molecule has 1 heterocycles. The van der Waals surface area contributed by atoms with Crippen molar-refractivity contribution in [3.63, 3.8) is 0 Å². The number of nitrogens with one attached hydrogen (secondary N) is 2. The molecule has 0 saturated heterocycles. The van der Waals surface area contributed by atoms with Crippen LogP contribution in [0.15, 0.2) is 29.6 Å². The number of benzene rings is 1. The lowest BCUT2D eigenvalue weighted by molar-refractivity contribution is -0.117. The van der Waals surface area contributed by atoms with Crippen LogP contribution in [0.1, 0.15) is 31.0 Å². The van der Waals surface area contributed by atoms with Gasteiger partial charge >= 0.3 is 0 Å². The van der Waals surface area contributed by atoms with E-state index >= 15 is 0 Å². The van der Waals surface area contributed by atoms with E-state index in [1.54, 1.807) is 24.3 Å². The molecule has 5 nitrogen and oxygen atoms in total. The second-order valence-electron chi connectivity index (χ2n) is 5.81. The van der Waals surface area contributed by atoms with Gasteiger partial charge in [-0.05, 0) is 37.1 Å². The summed E-state index contributed by atoms with van der Waals surface area (Å²) in [5.41, 5.74) is 2.20. The number of carbonyl (C=O) groups excluding carboxylic acids is 2. The molecule has 6 heteroatoms. The molecule has 0 bridgehead atoms. The molecular formula is C17H21N3O2S. The summed E-state index contributed by atoms with van der Waals surface area (Å²) < 4.78 is 0. The Labute approximate surface area is 140 Å². The molecule has 0 fully saturated rings. The molecule has 122 valence electrons. The first-order valence-corrected chi connectivity index (χ1v) is 8.41. The van der Waals surface area contributed by atoms with Crippen molar-refractivity contribution in [2.75, 3.05) is 10.6 Å². The molecule has 0 unspecified atom stereocenters. The molecule has 23 heavy (non-hydrogen) atoms. The van der Waals surface area contributed by atoms with Gasteiger partial charge in [-0.15, -0.1) is 11.3 Å². The minimum absolute atomic E-state index is 0.00399. The summed E-state index contributed by atoms with van der Waals surface area (Å²) >= 11 is 1.53. The van der Waals surface area contributed by atoms with Crippen LogP contribution in [0.4, 0.5) is 11.4 Å². The third-order valence-corrected chi connectivity index (χ3v) is 3.88. The molecule has 0 saturated carbocycles. The minimum atomic E-state index is -0.105. The molecule has 0 aliphatic carbocycles. The van der Waals surface area contributed by atoms with Gasteiger partial charge in [-0.3, -0.25) is 9.59 Å². The van der Waals surface area contributed by atoms with Crippen LogP contribution in [0.2, 0.25) is 0 Å². The Kier molecular flexibility index (Phi) is 5.87. The molecule has 1 aromatic heterocycles. The number of amides is 2. The Balaban J connectivity index is 1.87. The fourth-order valence-electron chi connectivity index (χ4n) is 2.08. The molecule has 0 aliphatic heterocycles. The van der Waals surface area contributed by atoms with Gasteiger partial charge in [0.2, 0.25) is 11.8 Å². The molecule has 0 atom stereocenters. The van der Waals surface area contributed by atoms with Crippen molar-refractivity contribution in [1.29, 1.82) is 0 Å². The minimum Gasteiger partial charge on any atom is -0.326 e. The van der Waals surface area contributed by atoms with Crippen molar-refractivity contribution in [2.45, 2.75) is 33.6 Å². The Bertz CT molecular complexity index is 677. The smallest absolute Gasteiger partial charge is 0.230 e. The molecule has 1 aromatic carbocycles. The molecule has 2 aromatic rings. The van der Waals surface area contributed by atoms with Crippen LogP contribution in [-0.4, -0.2) is 16.8 Å². The third-order valence-electron chi connectivity index (χ3n) is 3.05. The van der Waals surface area contributed by atoms with Crippen molar-refractivity contribution in [2.24, 2.45) is 5.92 Å². The lowest BCUT2D eigenvalue weighted by Crippen LogP contribution is -2.15. The van der Waals surface area contributed by atoms with Crippen LogP contribution in [0.5, 0.6) is 0 Å². The third kappa shape index (κ3) is 5.83. The Morgan fingerprint density at radius 2 is 1.65 bits per heavy atom. The average Bonchev–Trinajstić information content (AvgIpc) is 2.85. The molecule has 2 amide bonds. The normalized spacial score (nSPS) is 10.6. The van der Waals surface area contributed by atoms with E-state index in [2.05, 4.69) is 15.6 Å². The van der Waals surface area contributed by atoms with Crippen LogP contribution in [-0.2, 0) is 16.0 Å². The topological polar surface area (TPSA) is 71.1 Å². The van der Waals surface area contributed by atoms with Gasteiger partial charge in [-0.25, -0.2) is 4.98 Å². The van der Waals surface area contributed by atoms with E-state index < -0.39 is 0 Å². The van der Waals surface area contributed by atoms with Crippen LogP contribution in [0.3, 0.4) is 0 Å². The second kappa shape index (κ2) is 7.87. The summed E-state index contributed by atoms with van der Waals surface area (Å²) in [7, 11) is 0. The summed E-state index contributed by atoms with van der Waals surface area (Å²) in [5, 5.41) is 8.51. The van der Waals surface area contributed by atoms with E-state index in [4.69, 9.17) is 0 Å². The molecular weight excluding hydrogens is 310 g/mol. The number of anilines is 2. The first-order valence-electron chi connectivity index (χ1n) is 7.53. The second-order valence-corrected chi connectivity index (χ2v) is 6.87. The van der Waals surface area contributed by atoms with E-state index in [-0.39, 0.29) is 18.2 Å². The van der Waals surface area contributed by atoms with Gasteiger partial charge in [0, 0.05) is 23.2 Å². The summed E-state index contributed by atoms with van der Waals surface area (Å²) in [6, 6.07) is 7.10. The summed E-state index contributed by atoms with van der Waals surface area (Å²) in [5.74, 6) is 0.213. The lowest BCUT2D eigenvalue weighted by Gasteiger charge is -2.09. The van der Waals surface area contributed by atoms with Crippen molar-refractivity contribution < 1.29 is 9.59 Å². The van der Waals surface area contributed by atoms with Crippen LogP contribution < -0.4 is 10.6 Å². The fourth-order valence-corrected chi connectivity index (χ4v) is 2.69. The summed E-state index contributed by atoms with van der Waals surface area (Å²) in [6.45, 7) is 5.92. The quantitative estimate of drug-likeness (QED) is 0.849. The Hall–Kier alpha value is -2.21. The number of aryl methyl sites for hydroxylation is 1. The van der Waals surface area contributed by atoms with Crippen molar-refractivity contribution in [3.8, 4) is 0 Å². The first-order chi connectivity index (χ1) is 10.9. The number of aromatic nitrogens is 1. The van der Waals surface area contributed by atoms with E-state index in [0.29, 0.717) is 18.0 Å². The molecule has 2 N–H and O–H groups in total. The zero-order valence-corrected chi connectivity index (χ0v) is 14.4. The van der Waals surface area contributed by atoms with E-state index in [1.807, 2.05) is 26.2 Å². The zero-order valence-electron chi connectivity index (χ0n) is 13.6. The average molecular weight is 331 g/mol. The number of thiazole rings is 1. The van der Waals surface area contributed by atoms with Gasteiger partial charge in [0.05, 0.1) is 17.1 Å². The molecule has 0 radical (unpaired) electrons. The van der Waals surface area contributed by atoms with E-state index in [0.717, 1.165) is 16.4 Å². The largest absolute Gasteiger partial charge is 0.326 e. The summed E-state index contributed by atoms with van der Waals surface area (Å²) in [6.07, 6.45) is 0.753. The van der Waals surface area contributed by atoms with Gasteiger partial charge in [-0.1, -0.05) is 13.8 Å². The zero-order chi connectivity index (χ0) is 16.8. The maximum absolute atomic E-state index is 12.0. The highest BCUT2D eigenvalue weighted by atomic mass is 32.1. The van der Waals surface area contributed by atoms with Crippen LogP contribution in [0, 0.1) is 12.8 Å². The van der Waals surface area contributed by atoms with Gasteiger partial charge < -0.3 is 10.6 Å².